The van der Waals surface area contributed by atoms with Gasteiger partial charge < -0.3 is 4.43 Å². The third-order valence-electron chi connectivity index (χ3n) is 4.45. The van der Waals surface area contributed by atoms with Gasteiger partial charge in [0.05, 0.1) is 13.3 Å². The van der Waals surface area contributed by atoms with E-state index in [2.05, 4.69) is 86.7 Å². The minimum absolute atomic E-state index is 0.151. The lowest BCUT2D eigenvalue weighted by molar-refractivity contribution is 0.125. The van der Waals surface area contributed by atoms with Gasteiger partial charge in [-0.1, -0.05) is 50.0 Å². The van der Waals surface area contributed by atoms with E-state index in [0.717, 1.165) is 12.8 Å². The molecule has 2 nitrogen and oxygen atoms in total. The highest BCUT2D eigenvalue weighted by Crippen LogP contribution is 2.42. The van der Waals surface area contributed by atoms with E-state index in [1.54, 1.807) is 0 Å². The Kier molecular flexibility index (Phi) is 5.84. The van der Waals surface area contributed by atoms with Crippen molar-refractivity contribution in [1.82, 2.24) is 4.98 Å². The van der Waals surface area contributed by atoms with E-state index >= 15 is 0 Å². The topological polar surface area (TPSA) is 22.1 Å². The van der Waals surface area contributed by atoms with Crippen molar-refractivity contribution in [2.45, 2.75) is 57.3 Å². The van der Waals surface area contributed by atoms with Crippen molar-refractivity contribution in [3.63, 3.8) is 0 Å². The fourth-order valence-corrected chi connectivity index (χ4v) is 8.63. The van der Waals surface area contributed by atoms with Crippen LogP contribution in [0.4, 0.5) is 0 Å². The van der Waals surface area contributed by atoms with Gasteiger partial charge in [0.25, 0.3) is 0 Å². The van der Waals surface area contributed by atoms with Crippen LogP contribution in [-0.2, 0) is 16.1 Å². The predicted octanol–water partition coefficient (Wildman–Crippen LogP) is 5.64. The first-order valence-electron chi connectivity index (χ1n) is 8.79. The third kappa shape index (κ3) is 4.65. The zero-order chi connectivity index (χ0) is 17.8. The van der Waals surface area contributed by atoms with Gasteiger partial charge in [-0.2, -0.15) is 0 Å². The summed E-state index contributed by atoms with van der Waals surface area (Å²) in [5, 5.41) is -0.151. The van der Waals surface area contributed by atoms with E-state index in [1.165, 1.54) is 11.1 Å². The Balaban J connectivity index is 2.45. The van der Waals surface area contributed by atoms with E-state index in [9.17, 15) is 0 Å². The number of pyridine rings is 1. The fourth-order valence-electron chi connectivity index (χ4n) is 3.32. The van der Waals surface area contributed by atoms with E-state index in [-0.39, 0.29) is 5.22 Å². The van der Waals surface area contributed by atoms with Crippen LogP contribution < -0.4 is 0 Å². The van der Waals surface area contributed by atoms with Crippen LogP contribution in [0.5, 0.6) is 0 Å². The van der Waals surface area contributed by atoms with E-state index in [4.69, 9.17) is 4.43 Å². The first-order chi connectivity index (χ1) is 11.1. The third-order valence-corrected chi connectivity index (χ3v) is 8.68. The minimum atomic E-state index is -1.70. The largest absolute Gasteiger partial charge is 0.411 e. The van der Waals surface area contributed by atoms with Crippen molar-refractivity contribution in [3.05, 3.63) is 66.0 Å². The summed E-state index contributed by atoms with van der Waals surface area (Å²) in [5.41, 5.74) is 2.68. The lowest BCUT2D eigenvalue weighted by Crippen LogP contribution is -2.56. The molecule has 1 unspecified atom stereocenters. The summed E-state index contributed by atoms with van der Waals surface area (Å²) >= 11 is 0. The number of hydrogen-bond donors (Lipinski definition) is 0. The van der Waals surface area contributed by atoms with Gasteiger partial charge in [-0.25, -0.2) is 0 Å². The molecule has 0 amide bonds. The van der Waals surface area contributed by atoms with Gasteiger partial charge in [-0.3, -0.25) is 4.98 Å². The smallest absolute Gasteiger partial charge is 0.184 e. The lowest BCUT2D eigenvalue weighted by atomic mass is 10.0. The van der Waals surface area contributed by atoms with Crippen molar-refractivity contribution in [2.24, 2.45) is 0 Å². The highest BCUT2D eigenvalue weighted by molar-refractivity contribution is 6.80. The highest BCUT2D eigenvalue weighted by atomic mass is 28.4. The molecule has 0 aliphatic rings. The van der Waals surface area contributed by atoms with Crippen LogP contribution in [-0.4, -0.2) is 21.4 Å². The molecule has 2 rings (SSSR count). The maximum atomic E-state index is 6.98. The van der Waals surface area contributed by atoms with Crippen LogP contribution in [0.25, 0.3) is 0 Å². The number of hydrogen-bond acceptors (Lipinski definition) is 2. The molecular weight excluding hydrogens is 326 g/mol. The second-order valence-electron chi connectivity index (χ2n) is 8.51. The quantitative estimate of drug-likeness (QED) is 0.598. The molecule has 1 aromatic carbocycles. The van der Waals surface area contributed by atoms with Crippen LogP contribution in [0.3, 0.4) is 0 Å². The molecule has 0 N–H and O–H groups in total. The van der Waals surface area contributed by atoms with Gasteiger partial charge in [-0.05, 0) is 55.7 Å². The van der Waals surface area contributed by atoms with Crippen molar-refractivity contribution < 1.29 is 4.43 Å². The molecule has 0 aliphatic carbocycles. The summed E-state index contributed by atoms with van der Waals surface area (Å²) in [5.74, 6) is 0. The van der Waals surface area contributed by atoms with E-state index < -0.39 is 16.4 Å². The van der Waals surface area contributed by atoms with Crippen LogP contribution in [0, 0.1) is 0 Å². The van der Waals surface area contributed by atoms with Crippen LogP contribution in [0.1, 0.15) is 17.5 Å². The summed E-state index contributed by atoms with van der Waals surface area (Å²) in [7, 11) is -3.35. The highest BCUT2D eigenvalue weighted by Gasteiger charge is 2.47. The second-order valence-corrected chi connectivity index (χ2v) is 18.2. The zero-order valence-electron chi connectivity index (χ0n) is 16.0. The van der Waals surface area contributed by atoms with Crippen molar-refractivity contribution >= 4 is 16.4 Å². The number of rotatable bonds is 7. The Morgan fingerprint density at radius 1 is 0.875 bits per heavy atom. The number of aromatic nitrogens is 1. The van der Waals surface area contributed by atoms with Crippen molar-refractivity contribution in [2.75, 3.05) is 0 Å². The molecule has 1 aromatic heterocycles. The Labute approximate surface area is 149 Å². The van der Waals surface area contributed by atoms with Gasteiger partial charge in [0.2, 0.25) is 0 Å². The zero-order valence-corrected chi connectivity index (χ0v) is 18.0. The first-order valence-corrected chi connectivity index (χ1v) is 15.7. The predicted molar refractivity (Wildman–Crippen MR) is 108 cm³/mol. The molecule has 4 heteroatoms. The SMILES string of the molecule is C[Si](C)(C)OC(CCc1ccncc1)(c1ccccc1)[Si](C)(C)C. The fraction of sp³-hybridized carbons (Fsp3) is 0.450. The molecule has 2 aromatic rings. The van der Waals surface area contributed by atoms with Crippen LogP contribution in [0.2, 0.25) is 39.3 Å². The maximum Gasteiger partial charge on any atom is 0.184 e. The molecule has 0 saturated carbocycles. The summed E-state index contributed by atoms with van der Waals surface area (Å²) < 4.78 is 6.98. The monoisotopic (exact) mass is 357 g/mol. The number of aryl methyl sites for hydroxylation is 1. The molecule has 0 radical (unpaired) electrons. The molecule has 24 heavy (non-hydrogen) atoms. The molecule has 0 saturated heterocycles. The van der Waals surface area contributed by atoms with Crippen molar-refractivity contribution in [1.29, 1.82) is 0 Å². The normalized spacial score (nSPS) is 15.1. The minimum Gasteiger partial charge on any atom is -0.411 e. The molecule has 0 spiro atoms. The molecule has 0 aliphatic heterocycles. The van der Waals surface area contributed by atoms with Gasteiger partial charge in [0.1, 0.15) is 0 Å². The summed E-state index contributed by atoms with van der Waals surface area (Å²) in [6.07, 6.45) is 5.81. The Morgan fingerprint density at radius 3 is 1.96 bits per heavy atom. The molecule has 0 fully saturated rings. The molecule has 130 valence electrons. The van der Waals surface area contributed by atoms with Gasteiger partial charge >= 0.3 is 0 Å². The van der Waals surface area contributed by atoms with E-state index in [1.807, 2.05) is 12.4 Å². The van der Waals surface area contributed by atoms with Gasteiger partial charge in [0, 0.05) is 12.4 Å². The lowest BCUT2D eigenvalue weighted by Gasteiger charge is -2.48. The number of nitrogens with zero attached hydrogens (tertiary/aromatic N) is 1. The van der Waals surface area contributed by atoms with Crippen molar-refractivity contribution in [3.8, 4) is 0 Å². The summed E-state index contributed by atoms with van der Waals surface area (Å²) in [4.78, 5) is 4.14. The van der Waals surface area contributed by atoms with Gasteiger partial charge in [-0.15, -0.1) is 0 Å². The molecule has 1 heterocycles. The Bertz CT molecular complexity index is 632. The standard InChI is InChI=1S/C20H31NOSi2/c1-23(2,3)20(22-24(4,5)6,19-10-8-7-9-11-19)15-12-18-13-16-21-17-14-18/h7-11,13-14,16-17H,12,15H2,1-6H3. The maximum absolute atomic E-state index is 6.98. The summed E-state index contributed by atoms with van der Waals surface area (Å²) in [6.45, 7) is 14.2. The Morgan fingerprint density at radius 2 is 1.46 bits per heavy atom. The average Bonchev–Trinajstić information content (AvgIpc) is 2.51. The molecule has 1 atom stereocenters. The van der Waals surface area contributed by atoms with Crippen LogP contribution in [0.15, 0.2) is 54.9 Å². The molecular formula is C20H31NOSi2. The van der Waals surface area contributed by atoms with Gasteiger partial charge in [0.15, 0.2) is 8.32 Å². The second kappa shape index (κ2) is 7.34. The average molecular weight is 358 g/mol. The summed E-state index contributed by atoms with van der Waals surface area (Å²) in [6, 6.07) is 15.1. The van der Waals surface area contributed by atoms with E-state index in [0.29, 0.717) is 0 Å². The Hall–Kier alpha value is -1.24. The van der Waals surface area contributed by atoms with Crippen LogP contribution >= 0.6 is 0 Å². The number of benzene rings is 1. The first kappa shape index (κ1) is 19.1. The molecule has 0 bridgehead atoms.